The summed E-state index contributed by atoms with van der Waals surface area (Å²) in [6.07, 6.45) is 7.46. The number of carbonyl (C=O) groups is 3. The van der Waals surface area contributed by atoms with Crippen LogP contribution in [0.3, 0.4) is 0 Å². The summed E-state index contributed by atoms with van der Waals surface area (Å²) < 4.78 is 24.3. The van der Waals surface area contributed by atoms with Crippen molar-refractivity contribution in [2.75, 3.05) is 13.7 Å². The van der Waals surface area contributed by atoms with Crippen molar-refractivity contribution in [2.45, 2.75) is 102 Å². The largest absolute Gasteiger partial charge is 0.507 e. The lowest BCUT2D eigenvalue weighted by atomic mass is 9.82. The molecule has 0 aromatic carbocycles. The Kier molecular flexibility index (Phi) is 8.51. The number of fused-ring (bicyclic) bond motifs is 3. The molecule has 3 N–H and O–H groups in total. The van der Waals surface area contributed by atoms with Crippen LogP contribution in [0.15, 0.2) is 47.3 Å². The molecule has 11 atom stereocenters. The second-order valence-electron chi connectivity index (χ2n) is 12.7. The van der Waals surface area contributed by atoms with Crippen molar-refractivity contribution in [3.05, 3.63) is 47.3 Å². The van der Waals surface area contributed by atoms with Gasteiger partial charge >= 0.3 is 0 Å². The van der Waals surface area contributed by atoms with Gasteiger partial charge in [0.1, 0.15) is 23.6 Å². The first-order chi connectivity index (χ1) is 20.2. The monoisotopic (exact) mass is 600 g/mol. The molecule has 5 rings (SSSR count). The van der Waals surface area contributed by atoms with Crippen LogP contribution in [0.1, 0.15) is 54.4 Å². The van der Waals surface area contributed by atoms with Gasteiger partial charge in [-0.05, 0) is 45.8 Å². The fourth-order valence-electron chi connectivity index (χ4n) is 6.82. The van der Waals surface area contributed by atoms with E-state index in [9.17, 15) is 24.6 Å². The van der Waals surface area contributed by atoms with Crippen molar-refractivity contribution in [3.63, 3.8) is 0 Å². The summed E-state index contributed by atoms with van der Waals surface area (Å²) in [5, 5.41) is 23.7. The van der Waals surface area contributed by atoms with E-state index in [0.717, 1.165) is 5.57 Å². The summed E-state index contributed by atoms with van der Waals surface area (Å²) in [4.78, 5) is 41.1. The van der Waals surface area contributed by atoms with Gasteiger partial charge in [-0.3, -0.25) is 14.4 Å². The van der Waals surface area contributed by atoms with E-state index in [1.54, 1.807) is 19.9 Å². The lowest BCUT2D eigenvalue weighted by Gasteiger charge is -2.51. The number of hydrogen-bond donors (Lipinski definition) is 3. The number of likely N-dealkylation sites (tertiary alicyclic amines) is 1. The summed E-state index contributed by atoms with van der Waals surface area (Å²) in [5.74, 6) is -3.93. The molecule has 11 unspecified atom stereocenters. The normalized spacial score (nSPS) is 42.0. The third kappa shape index (κ3) is 5.50. The minimum Gasteiger partial charge on any atom is -0.507 e. The van der Waals surface area contributed by atoms with Crippen molar-refractivity contribution >= 4 is 17.6 Å². The van der Waals surface area contributed by atoms with E-state index in [1.165, 1.54) is 18.0 Å². The van der Waals surface area contributed by atoms with Gasteiger partial charge in [0.15, 0.2) is 11.4 Å². The standard InChI is InChI=1S/C32H44N2O9/c1-16(14-17(2)28-18(3)23-12-13-32(15-40-32)31(6,42-23)43-28)8-9-22(36)25-27(37)26(19(4)29(38)33-7)34(30(25)39)24-11-10-21(35)20(5)41-24/h8-9,12-14,17-21,23-24,26,28,35-36H,10-11,15H2,1-7H3,(H,33,38)/b9-8?,16-14?,25-22-. The number of aliphatic hydroxyl groups is 2. The Bertz CT molecular complexity index is 1280. The Balaban J connectivity index is 1.36. The van der Waals surface area contributed by atoms with Crippen LogP contribution in [0, 0.1) is 17.8 Å². The molecule has 4 fully saturated rings. The van der Waals surface area contributed by atoms with Gasteiger partial charge in [-0.15, -0.1) is 0 Å². The number of allylic oxidation sites excluding steroid dienone is 3. The maximum Gasteiger partial charge on any atom is 0.264 e. The number of hydrogen-bond acceptors (Lipinski definition) is 9. The highest BCUT2D eigenvalue weighted by Gasteiger charge is 2.66. The van der Waals surface area contributed by atoms with Crippen LogP contribution >= 0.6 is 0 Å². The molecular weight excluding hydrogens is 556 g/mol. The van der Waals surface area contributed by atoms with Crippen molar-refractivity contribution in [1.29, 1.82) is 0 Å². The van der Waals surface area contributed by atoms with E-state index in [4.69, 9.17) is 18.9 Å². The van der Waals surface area contributed by atoms with Gasteiger partial charge in [0, 0.05) is 18.9 Å². The van der Waals surface area contributed by atoms with Gasteiger partial charge in [-0.25, -0.2) is 0 Å². The van der Waals surface area contributed by atoms with E-state index in [-0.39, 0.29) is 29.6 Å². The lowest BCUT2D eigenvalue weighted by Crippen LogP contribution is -2.61. The third-order valence-corrected chi connectivity index (χ3v) is 9.67. The van der Waals surface area contributed by atoms with Crippen LogP contribution in [0.25, 0.3) is 0 Å². The first-order valence-electron chi connectivity index (χ1n) is 15.1. The average Bonchev–Trinajstić information content (AvgIpc) is 3.71. The van der Waals surface area contributed by atoms with Gasteiger partial charge in [0.25, 0.3) is 5.91 Å². The summed E-state index contributed by atoms with van der Waals surface area (Å²) in [7, 11) is 1.46. The zero-order chi connectivity index (χ0) is 31.4. The molecular formula is C32H44N2O9. The maximum atomic E-state index is 13.6. The third-order valence-electron chi connectivity index (χ3n) is 9.67. The Morgan fingerprint density at radius 2 is 1.88 bits per heavy atom. The van der Waals surface area contributed by atoms with Gasteiger partial charge < -0.3 is 39.4 Å². The minimum absolute atomic E-state index is 0.0220. The maximum absolute atomic E-state index is 13.6. The fraction of sp³-hybridized carbons (Fsp3) is 0.656. The highest BCUT2D eigenvalue weighted by atomic mass is 16.8. The molecule has 2 amide bonds. The van der Waals surface area contributed by atoms with Gasteiger partial charge in [-0.1, -0.05) is 44.6 Å². The second-order valence-corrected chi connectivity index (χ2v) is 12.7. The SMILES string of the molecule is CNC(=O)C(C)C1C(=O)/C(=C(/O)C=CC(C)=CC(C)C2OC3(C)OC(C=CC34CO4)C2C)C(=O)N1C1CCC(O)C(C)O1. The van der Waals surface area contributed by atoms with E-state index in [2.05, 4.69) is 31.3 Å². The number of nitrogens with one attached hydrogen (secondary N) is 1. The molecule has 0 aromatic rings. The molecule has 236 valence electrons. The molecule has 11 heteroatoms. The number of epoxide rings is 1. The molecule has 5 heterocycles. The van der Waals surface area contributed by atoms with Crippen LogP contribution < -0.4 is 5.32 Å². The van der Waals surface area contributed by atoms with E-state index in [0.29, 0.717) is 19.4 Å². The molecule has 5 aliphatic heterocycles. The highest BCUT2D eigenvalue weighted by Crippen LogP contribution is 2.52. The van der Waals surface area contributed by atoms with Gasteiger partial charge in [0.05, 0.1) is 36.9 Å². The van der Waals surface area contributed by atoms with Crippen LogP contribution in [0.5, 0.6) is 0 Å². The van der Waals surface area contributed by atoms with E-state index < -0.39 is 65.1 Å². The quantitative estimate of drug-likeness (QED) is 0.100. The lowest BCUT2D eigenvalue weighted by molar-refractivity contribution is -0.346. The molecule has 4 saturated heterocycles. The fourth-order valence-corrected chi connectivity index (χ4v) is 6.82. The van der Waals surface area contributed by atoms with Crippen molar-refractivity contribution < 1.29 is 43.5 Å². The van der Waals surface area contributed by atoms with Gasteiger partial charge in [0.2, 0.25) is 11.7 Å². The zero-order valence-electron chi connectivity index (χ0n) is 25.9. The van der Waals surface area contributed by atoms with Crippen LogP contribution in [-0.4, -0.2) is 94.4 Å². The minimum atomic E-state index is -1.15. The Morgan fingerprint density at radius 1 is 1.19 bits per heavy atom. The molecule has 43 heavy (non-hydrogen) atoms. The van der Waals surface area contributed by atoms with Crippen molar-refractivity contribution in [1.82, 2.24) is 10.2 Å². The van der Waals surface area contributed by atoms with Crippen LogP contribution in [-0.2, 0) is 33.3 Å². The number of aliphatic hydroxyl groups excluding tert-OH is 2. The number of rotatable bonds is 7. The summed E-state index contributed by atoms with van der Waals surface area (Å²) in [6, 6.07) is -1.15. The predicted octanol–water partition coefficient (Wildman–Crippen LogP) is 2.46. The summed E-state index contributed by atoms with van der Waals surface area (Å²) >= 11 is 0. The van der Waals surface area contributed by atoms with Crippen LogP contribution in [0.4, 0.5) is 0 Å². The van der Waals surface area contributed by atoms with Crippen molar-refractivity contribution in [2.24, 2.45) is 17.8 Å². The Hall–Kier alpha value is -2.83. The molecule has 0 radical (unpaired) electrons. The highest BCUT2D eigenvalue weighted by molar-refractivity contribution is 6.27. The molecule has 0 saturated carbocycles. The molecule has 0 aliphatic carbocycles. The Morgan fingerprint density at radius 3 is 2.51 bits per heavy atom. The molecule has 1 spiro atoms. The number of ketones is 1. The summed E-state index contributed by atoms with van der Waals surface area (Å²) in [6.45, 7) is 11.7. The number of nitrogens with zero attached hydrogens (tertiary/aromatic N) is 1. The number of ether oxygens (including phenoxy) is 4. The number of Topliss-reactive ketones (excluding diaryl/α,β-unsaturated/α-hetero) is 1. The Labute approximate surface area is 252 Å². The molecule has 2 bridgehead atoms. The average molecular weight is 601 g/mol. The molecule has 11 nitrogen and oxygen atoms in total. The second kappa shape index (κ2) is 11.6. The van der Waals surface area contributed by atoms with Crippen molar-refractivity contribution in [3.8, 4) is 0 Å². The van der Waals surface area contributed by atoms with Gasteiger partial charge in [-0.2, -0.15) is 0 Å². The number of amides is 2. The first kappa shape index (κ1) is 31.6. The first-order valence-corrected chi connectivity index (χ1v) is 15.1. The number of carbonyl (C=O) groups excluding carboxylic acids is 3. The van der Waals surface area contributed by atoms with E-state index >= 15 is 0 Å². The van der Waals surface area contributed by atoms with Crippen LogP contribution in [0.2, 0.25) is 0 Å². The summed E-state index contributed by atoms with van der Waals surface area (Å²) in [5.41, 5.74) is -0.127. The molecule has 0 aromatic heterocycles. The zero-order valence-corrected chi connectivity index (χ0v) is 25.9. The van der Waals surface area contributed by atoms with E-state index in [1.807, 2.05) is 19.9 Å². The molecule has 5 aliphatic rings. The predicted molar refractivity (Wildman–Crippen MR) is 155 cm³/mol. The smallest absolute Gasteiger partial charge is 0.264 e. The topological polar surface area (TPSA) is 147 Å².